The van der Waals surface area contributed by atoms with E-state index >= 15 is 0 Å². The van der Waals surface area contributed by atoms with Gasteiger partial charge in [-0.1, -0.05) is 61.4 Å². The summed E-state index contributed by atoms with van der Waals surface area (Å²) in [7, 11) is 0. The summed E-state index contributed by atoms with van der Waals surface area (Å²) in [6.07, 6.45) is 8.85. The lowest BCUT2D eigenvalue weighted by molar-refractivity contribution is -0.163. The van der Waals surface area contributed by atoms with Crippen molar-refractivity contribution in [3.63, 3.8) is 0 Å². The van der Waals surface area contributed by atoms with Gasteiger partial charge in [0.25, 0.3) is 0 Å². The van der Waals surface area contributed by atoms with Crippen molar-refractivity contribution in [1.82, 2.24) is 14.7 Å². The summed E-state index contributed by atoms with van der Waals surface area (Å²) in [5.74, 6) is -18.2. The van der Waals surface area contributed by atoms with E-state index in [1.165, 1.54) is 78.3 Å². The van der Waals surface area contributed by atoms with E-state index in [0.29, 0.717) is 9.80 Å². The molecule has 9 aliphatic heterocycles. The minimum absolute atomic E-state index is 0.00156. The number of rotatable bonds is 16. The van der Waals surface area contributed by atoms with Crippen LogP contribution in [0.2, 0.25) is 0 Å². The van der Waals surface area contributed by atoms with Gasteiger partial charge >= 0.3 is 17.9 Å². The van der Waals surface area contributed by atoms with Crippen molar-refractivity contribution >= 4 is 64.7 Å². The van der Waals surface area contributed by atoms with Crippen molar-refractivity contribution in [2.45, 2.75) is 91.6 Å². The number of amides is 6. The van der Waals surface area contributed by atoms with Gasteiger partial charge in [-0.05, 0) is 148 Å². The zero-order valence-electron chi connectivity index (χ0n) is 58.3. The Morgan fingerprint density at radius 3 is 1.00 bits per heavy atom. The molecule has 25 nitrogen and oxygen atoms in total. The maximum Gasteiger partial charge on any atom is 0.352 e. The second-order valence-corrected chi connectivity index (χ2v) is 25.0. The molecule has 10 aliphatic rings. The summed E-state index contributed by atoms with van der Waals surface area (Å²) in [5, 5.41) is 33.3. The summed E-state index contributed by atoms with van der Waals surface area (Å²) < 4.78 is 43.4. The lowest BCUT2D eigenvalue weighted by Gasteiger charge is -2.34. The zero-order valence-corrected chi connectivity index (χ0v) is 58.3. The number of imide groups is 3. The average Bonchev–Trinajstić information content (AvgIpc) is 1.55. The predicted molar refractivity (Wildman–Crippen MR) is 371 cm³/mol. The van der Waals surface area contributed by atoms with Gasteiger partial charge in [0.2, 0.25) is 52.8 Å². The molecular weight excluding hydrogens is 1450 g/mol. The summed E-state index contributed by atoms with van der Waals surface area (Å²) in [6.45, 7) is 1.11. The molecule has 15 unspecified atom stereocenters. The molecule has 0 spiro atoms. The minimum atomic E-state index is -2.01. The predicted octanol–water partition coefficient (Wildman–Crippen LogP) is 5.57. The Hall–Kier alpha value is -15.6. The first-order valence-corrected chi connectivity index (χ1v) is 33.9. The number of Topliss-reactive ketones (excluding diaryl/α,β-unsaturated/α-hetero) is 3. The maximum atomic E-state index is 13.9. The fourth-order valence-corrected chi connectivity index (χ4v) is 14.3. The van der Waals surface area contributed by atoms with Crippen LogP contribution < -0.4 is 0 Å². The highest BCUT2D eigenvalue weighted by atomic mass is 16.7. The molecule has 6 bridgehead atoms. The van der Waals surface area contributed by atoms with Gasteiger partial charge in [-0.25, -0.2) is 9.59 Å². The molecule has 1 saturated carbocycles. The van der Waals surface area contributed by atoms with Crippen LogP contribution in [0, 0.1) is 35.5 Å². The highest BCUT2D eigenvalue weighted by molar-refractivity contribution is 6.12. The Morgan fingerprint density at radius 2 is 0.699 bits per heavy atom. The second kappa shape index (κ2) is 34.6. The molecule has 3 N–H and O–H groups in total. The Balaban J connectivity index is 0.000000363. The third-order valence-corrected chi connectivity index (χ3v) is 18.9. The molecule has 13 rings (SSSR count). The van der Waals surface area contributed by atoms with Crippen LogP contribution in [0.25, 0.3) is 0 Å². The van der Waals surface area contributed by atoms with E-state index in [0.717, 1.165) is 32.1 Å². The van der Waals surface area contributed by atoms with Crippen LogP contribution >= 0.6 is 0 Å². The lowest BCUT2D eigenvalue weighted by Crippen LogP contribution is -2.53. The number of furan rings is 3. The van der Waals surface area contributed by atoms with Crippen molar-refractivity contribution in [3.05, 3.63) is 316 Å². The quantitative estimate of drug-likeness (QED) is 0.0394. The second-order valence-electron chi connectivity index (χ2n) is 25.0. The van der Waals surface area contributed by atoms with Gasteiger partial charge in [0.15, 0.2) is 35.6 Å². The van der Waals surface area contributed by atoms with Crippen molar-refractivity contribution in [2.75, 3.05) is 13.1 Å². The molecule has 6 saturated heterocycles. The van der Waals surface area contributed by atoms with Crippen LogP contribution in [0.5, 0.6) is 0 Å². The average molecular weight is 1500 g/mol. The van der Waals surface area contributed by atoms with Gasteiger partial charge in [-0.15, -0.1) is 0 Å². The third-order valence-electron chi connectivity index (χ3n) is 18.9. The molecule has 1 aliphatic carbocycles. The monoisotopic (exact) mass is 1500 g/mol. The molecule has 25 heteroatoms. The molecule has 6 amide bonds. The molecule has 113 heavy (non-hydrogen) atoms. The highest BCUT2D eigenvalue weighted by Gasteiger charge is 2.74. The van der Waals surface area contributed by atoms with E-state index in [-0.39, 0.29) is 35.1 Å². The molecular formula is C88H47N3O22. The number of hydrogen-bond donors (Lipinski definition) is 3. The van der Waals surface area contributed by atoms with Gasteiger partial charge in [-0.3, -0.25) is 57.9 Å². The Bertz CT molecular complexity index is 6120. The molecule has 15 atom stereocenters. The number of aliphatic hydroxyl groups excluding tert-OH is 3. The van der Waals surface area contributed by atoms with Gasteiger partial charge < -0.3 is 52.3 Å². The van der Waals surface area contributed by atoms with E-state index in [1.54, 1.807) is 18.2 Å². The van der Waals surface area contributed by atoms with Crippen LogP contribution in [-0.2, 0) is 62.0 Å². The normalized spacial score (nSPS) is 25.2. The number of carbonyl (C=O) groups is 11. The van der Waals surface area contributed by atoms with Crippen LogP contribution in [0.3, 0.4) is 0 Å². The number of fused-ring (bicyclic) bond motifs is 15. The molecule has 0 aromatic carbocycles. The largest absolute Gasteiger partial charge is 0.461 e. The first-order chi connectivity index (χ1) is 54.9. The number of hydrogen-bond acceptors (Lipinski definition) is 22. The summed E-state index contributed by atoms with van der Waals surface area (Å²) >= 11 is 0. The number of ketones is 3. The van der Waals surface area contributed by atoms with E-state index in [2.05, 4.69) is 201 Å². The number of aliphatic hydroxyl groups is 3. The van der Waals surface area contributed by atoms with E-state index in [1.807, 2.05) is 0 Å². The lowest BCUT2D eigenvalue weighted by atomic mass is 9.73. The standard InChI is InChI=1S/C68H26N2O16.C20H21NO6/c1-2-3-4-5-6-7-8-9-10-11-12-13-14-15-16-17-18-19-20-21-22-23-24-25-26-27-28-29-30-31-32-33-34-39-54(83-52(71)46-69-63(77)55-48-40-42-67(85-48,57(55)65(69)79)61(75)59(73)50-37-35-44-81-50)84-53(72)47-70-64(78)56-49-41-43-68(86-49,58(56)66(70)80)62(76)60(74)51-38-36-45-82-51;22-16(13-7-4-10-26-13)17(23)20-9-8-12(27-20)14-15(20)19(25)21(18(14)24)11-5-2-1-3-6-11/h35-38,40-45,48-49,55-58,61-62,75-76H,1,46-47H2;4,7-12,14-15,17,23H,1-3,5-6H2. The maximum absolute atomic E-state index is 13.9. The molecule has 12 heterocycles. The fourth-order valence-electron chi connectivity index (χ4n) is 14.3. The number of ether oxygens (including phenoxy) is 5. The highest BCUT2D eigenvalue weighted by Crippen LogP contribution is 2.57. The first-order valence-electron chi connectivity index (χ1n) is 33.9. The van der Waals surface area contributed by atoms with Gasteiger partial charge in [-0.2, -0.15) is 0 Å². The zero-order chi connectivity index (χ0) is 79.7. The van der Waals surface area contributed by atoms with Gasteiger partial charge in [0.05, 0.1) is 72.6 Å². The minimum Gasteiger partial charge on any atom is -0.461 e. The summed E-state index contributed by atoms with van der Waals surface area (Å²) in [4.78, 5) is 150. The molecule has 0 radical (unpaired) electrons. The fraction of sp³-hybridized carbons (Fsp3) is 0.261. The van der Waals surface area contributed by atoms with Crippen molar-refractivity contribution in [3.8, 4) is 0 Å². The van der Waals surface area contributed by atoms with E-state index in [4.69, 9.17) is 36.9 Å². The Morgan fingerprint density at radius 1 is 0.407 bits per heavy atom. The van der Waals surface area contributed by atoms with Gasteiger partial charge in [0.1, 0.15) is 29.9 Å². The van der Waals surface area contributed by atoms with Crippen molar-refractivity contribution < 1.29 is 105 Å². The van der Waals surface area contributed by atoms with Crippen LogP contribution in [-0.4, -0.2) is 167 Å². The Kier molecular flexibility index (Phi) is 23.6. The number of nitrogens with zero attached hydrogens (tertiary/aromatic N) is 3. The van der Waals surface area contributed by atoms with Crippen LogP contribution in [0.15, 0.2) is 312 Å². The summed E-state index contributed by atoms with van der Waals surface area (Å²) in [6, 6.07) is 8.31. The SMILES string of the molecule is C=C=C=C=C=C=C=C=C=C=C=C=C=C=C=C=C=C=C=C=C=C=C=C=C=C=C=C=C=C=C=C=C=C=C=C(OC(=O)CN1C(=O)C2C3C=CC(C(O)C(=O)c4ccco4)(O3)C2C1=O)OC(=O)CN1C(=O)C2C3C=CC(C(O)C(=O)c4ccco4)(O3)C2C1=O.O=C(c1ccco1)C(O)C12C=CC(O1)C1C(=O)N(C3CCCCC3)C(=O)C12. The first kappa shape index (κ1) is 77.1. The van der Waals surface area contributed by atoms with Crippen molar-refractivity contribution in [2.24, 2.45) is 35.5 Å². The molecule has 7 fully saturated rings. The van der Waals surface area contributed by atoms with E-state index < -0.39 is 161 Å². The topological polar surface area (TPSA) is 344 Å². The molecule has 3 aromatic heterocycles. The number of esters is 2. The molecule has 546 valence electrons. The number of likely N-dealkylation sites (tertiary alicyclic amines) is 3. The van der Waals surface area contributed by atoms with Crippen LogP contribution in [0.4, 0.5) is 0 Å². The molecule has 3 aromatic rings. The smallest absolute Gasteiger partial charge is 0.352 e. The Labute approximate surface area is 637 Å². The third kappa shape index (κ3) is 15.8. The van der Waals surface area contributed by atoms with Crippen molar-refractivity contribution in [1.29, 1.82) is 0 Å². The van der Waals surface area contributed by atoms with Gasteiger partial charge in [0, 0.05) is 103 Å². The number of carbonyl (C=O) groups excluding carboxylic acids is 11. The van der Waals surface area contributed by atoms with Crippen LogP contribution in [0.1, 0.15) is 63.8 Å². The summed E-state index contributed by atoms with van der Waals surface area (Å²) in [5.41, 5.74) is 77.0. The van der Waals surface area contributed by atoms with E-state index in [9.17, 15) is 68.1 Å².